The number of carbonyl (C=O) groups excluding carboxylic acids is 1. The van der Waals surface area contributed by atoms with Crippen molar-refractivity contribution in [2.45, 2.75) is 25.4 Å². The molecule has 0 saturated carbocycles. The van der Waals surface area contributed by atoms with Crippen molar-refractivity contribution in [2.24, 2.45) is 0 Å². The summed E-state index contributed by atoms with van der Waals surface area (Å²) in [4.78, 5) is 25.0. The number of piperidine rings is 1. The van der Waals surface area contributed by atoms with Gasteiger partial charge in [-0.15, -0.1) is 0 Å². The molecule has 1 amide bonds. The molecular formula is C14H19BrN4O2. The Bertz CT molecular complexity index is 490. The van der Waals surface area contributed by atoms with E-state index in [1.165, 1.54) is 6.42 Å². The van der Waals surface area contributed by atoms with Gasteiger partial charge in [0.2, 0.25) is 5.95 Å². The molecule has 2 saturated heterocycles. The highest BCUT2D eigenvalue weighted by Gasteiger charge is 2.31. The molecule has 0 radical (unpaired) electrons. The number of nitrogens with zero attached hydrogens (tertiary/aromatic N) is 4. The van der Waals surface area contributed by atoms with Crippen LogP contribution in [0.5, 0.6) is 0 Å². The molecule has 6 nitrogen and oxygen atoms in total. The Kier molecular flexibility index (Phi) is 4.70. The number of carbonyl (C=O) groups is 1. The first-order valence-corrected chi connectivity index (χ1v) is 8.16. The van der Waals surface area contributed by atoms with Gasteiger partial charge in [0.15, 0.2) is 6.10 Å². The quantitative estimate of drug-likeness (QED) is 0.804. The molecule has 1 unspecified atom stereocenters. The van der Waals surface area contributed by atoms with Crippen LogP contribution in [0.1, 0.15) is 19.3 Å². The maximum atomic E-state index is 12.5. The molecule has 1 aromatic heterocycles. The summed E-state index contributed by atoms with van der Waals surface area (Å²) in [5.74, 6) is 0.759. The fourth-order valence-electron chi connectivity index (χ4n) is 2.77. The average Bonchev–Trinajstić information content (AvgIpc) is 2.56. The maximum absolute atomic E-state index is 12.5. The number of halogens is 1. The minimum atomic E-state index is -0.399. The van der Waals surface area contributed by atoms with Gasteiger partial charge in [-0.2, -0.15) is 0 Å². The molecule has 2 fully saturated rings. The second kappa shape index (κ2) is 6.70. The van der Waals surface area contributed by atoms with Gasteiger partial charge in [-0.3, -0.25) is 4.79 Å². The van der Waals surface area contributed by atoms with Crippen LogP contribution < -0.4 is 4.90 Å². The normalized spacial score (nSPS) is 23.2. The van der Waals surface area contributed by atoms with E-state index in [1.54, 1.807) is 12.4 Å². The van der Waals surface area contributed by atoms with Crippen molar-refractivity contribution in [1.82, 2.24) is 14.9 Å². The third-order valence-corrected chi connectivity index (χ3v) is 4.31. The smallest absolute Gasteiger partial charge is 0.253 e. The van der Waals surface area contributed by atoms with Crippen LogP contribution in [0, 0.1) is 0 Å². The first-order valence-electron chi connectivity index (χ1n) is 7.37. The van der Waals surface area contributed by atoms with Crippen LogP contribution >= 0.6 is 15.9 Å². The molecule has 0 aliphatic carbocycles. The summed E-state index contributed by atoms with van der Waals surface area (Å²) in [6.07, 6.45) is 6.45. The molecule has 1 atom stereocenters. The van der Waals surface area contributed by atoms with Crippen LogP contribution in [-0.2, 0) is 9.53 Å². The van der Waals surface area contributed by atoms with Crippen LogP contribution in [0.3, 0.4) is 0 Å². The third-order valence-electron chi connectivity index (χ3n) is 3.90. The summed E-state index contributed by atoms with van der Waals surface area (Å²) in [5.41, 5.74) is 0. The van der Waals surface area contributed by atoms with Gasteiger partial charge in [0.25, 0.3) is 5.91 Å². The number of anilines is 1. The van der Waals surface area contributed by atoms with Crippen molar-refractivity contribution in [3.8, 4) is 0 Å². The van der Waals surface area contributed by atoms with Crippen molar-refractivity contribution in [2.75, 3.05) is 37.7 Å². The largest absolute Gasteiger partial charge is 0.365 e. The third kappa shape index (κ3) is 3.52. The molecule has 0 N–H and O–H groups in total. The van der Waals surface area contributed by atoms with E-state index in [4.69, 9.17) is 4.74 Å². The van der Waals surface area contributed by atoms with Crippen molar-refractivity contribution >= 4 is 27.8 Å². The van der Waals surface area contributed by atoms with Crippen LogP contribution in [0.15, 0.2) is 16.9 Å². The lowest BCUT2D eigenvalue weighted by Crippen LogP contribution is -2.52. The Labute approximate surface area is 132 Å². The fourth-order valence-corrected chi connectivity index (χ4v) is 2.97. The Morgan fingerprint density at radius 2 is 1.90 bits per heavy atom. The lowest BCUT2D eigenvalue weighted by molar-refractivity contribution is -0.145. The molecule has 1 aromatic rings. The Morgan fingerprint density at radius 1 is 1.19 bits per heavy atom. The molecule has 2 aliphatic rings. The molecule has 0 bridgehead atoms. The molecular weight excluding hydrogens is 336 g/mol. The summed E-state index contributed by atoms with van der Waals surface area (Å²) in [6, 6.07) is 0. The molecule has 0 aromatic carbocycles. The van der Waals surface area contributed by atoms with E-state index in [0.717, 1.165) is 30.4 Å². The van der Waals surface area contributed by atoms with E-state index in [1.807, 2.05) is 9.80 Å². The van der Waals surface area contributed by atoms with Crippen LogP contribution in [0.25, 0.3) is 0 Å². The lowest BCUT2D eigenvalue weighted by Gasteiger charge is -2.36. The number of aromatic nitrogens is 2. The number of ether oxygens (including phenoxy) is 1. The fraction of sp³-hybridized carbons (Fsp3) is 0.643. The van der Waals surface area contributed by atoms with Crippen molar-refractivity contribution in [1.29, 1.82) is 0 Å². The molecule has 3 rings (SSSR count). The van der Waals surface area contributed by atoms with Crippen LogP contribution in [0.4, 0.5) is 5.95 Å². The van der Waals surface area contributed by atoms with Gasteiger partial charge in [0.1, 0.15) is 0 Å². The molecule has 114 valence electrons. The molecule has 7 heteroatoms. The van der Waals surface area contributed by atoms with Crippen LogP contribution in [-0.4, -0.2) is 59.7 Å². The standard InChI is InChI=1S/C14H19BrN4O2/c15-11-8-16-14(17-9-11)19-6-7-21-12(10-19)13(20)18-4-2-1-3-5-18/h8-9,12H,1-7,10H2. The first-order chi connectivity index (χ1) is 10.2. The monoisotopic (exact) mass is 354 g/mol. The average molecular weight is 355 g/mol. The lowest BCUT2D eigenvalue weighted by atomic mass is 10.1. The number of hydrogen-bond acceptors (Lipinski definition) is 5. The SMILES string of the molecule is O=C(C1CN(c2ncc(Br)cn2)CCO1)N1CCCCC1. The molecule has 0 spiro atoms. The zero-order chi connectivity index (χ0) is 14.7. The Morgan fingerprint density at radius 3 is 2.62 bits per heavy atom. The number of rotatable bonds is 2. The number of likely N-dealkylation sites (tertiary alicyclic amines) is 1. The van der Waals surface area contributed by atoms with Gasteiger partial charge in [-0.1, -0.05) is 0 Å². The zero-order valence-corrected chi connectivity index (χ0v) is 13.5. The molecule has 3 heterocycles. The van der Waals surface area contributed by atoms with Gasteiger partial charge in [-0.05, 0) is 35.2 Å². The van der Waals surface area contributed by atoms with Crippen molar-refractivity contribution in [3.05, 3.63) is 16.9 Å². The first kappa shape index (κ1) is 14.7. The number of amides is 1. The van der Waals surface area contributed by atoms with Crippen molar-refractivity contribution < 1.29 is 9.53 Å². The van der Waals surface area contributed by atoms with E-state index < -0.39 is 6.10 Å². The summed E-state index contributed by atoms with van der Waals surface area (Å²) < 4.78 is 6.52. The second-order valence-corrected chi connectivity index (χ2v) is 6.31. The number of morpholine rings is 1. The Balaban J connectivity index is 1.64. The van der Waals surface area contributed by atoms with E-state index in [9.17, 15) is 4.79 Å². The van der Waals surface area contributed by atoms with Gasteiger partial charge in [-0.25, -0.2) is 9.97 Å². The summed E-state index contributed by atoms with van der Waals surface area (Å²) in [7, 11) is 0. The highest BCUT2D eigenvalue weighted by molar-refractivity contribution is 9.10. The predicted octanol–water partition coefficient (Wildman–Crippen LogP) is 1.46. The van der Waals surface area contributed by atoms with Crippen LogP contribution in [0.2, 0.25) is 0 Å². The summed E-state index contributed by atoms with van der Waals surface area (Å²) in [5, 5.41) is 0. The van der Waals surface area contributed by atoms with Gasteiger partial charge < -0.3 is 14.5 Å². The minimum Gasteiger partial charge on any atom is -0.365 e. The topological polar surface area (TPSA) is 58.6 Å². The maximum Gasteiger partial charge on any atom is 0.253 e. The van der Waals surface area contributed by atoms with Gasteiger partial charge in [0, 0.05) is 32.0 Å². The van der Waals surface area contributed by atoms with E-state index in [0.29, 0.717) is 25.6 Å². The highest BCUT2D eigenvalue weighted by atomic mass is 79.9. The number of hydrogen-bond donors (Lipinski definition) is 0. The minimum absolute atomic E-state index is 0.108. The second-order valence-electron chi connectivity index (χ2n) is 5.39. The predicted molar refractivity (Wildman–Crippen MR) is 82.1 cm³/mol. The Hall–Kier alpha value is -1.21. The summed E-state index contributed by atoms with van der Waals surface area (Å²) >= 11 is 3.33. The van der Waals surface area contributed by atoms with E-state index in [2.05, 4.69) is 25.9 Å². The van der Waals surface area contributed by atoms with Gasteiger partial charge in [0.05, 0.1) is 17.6 Å². The van der Waals surface area contributed by atoms with E-state index in [-0.39, 0.29) is 5.91 Å². The van der Waals surface area contributed by atoms with E-state index >= 15 is 0 Å². The summed E-state index contributed by atoms with van der Waals surface area (Å²) in [6.45, 7) is 3.48. The molecule has 21 heavy (non-hydrogen) atoms. The van der Waals surface area contributed by atoms with Gasteiger partial charge >= 0.3 is 0 Å². The molecule has 2 aliphatic heterocycles. The highest BCUT2D eigenvalue weighted by Crippen LogP contribution is 2.17. The van der Waals surface area contributed by atoms with Crippen molar-refractivity contribution in [3.63, 3.8) is 0 Å². The zero-order valence-electron chi connectivity index (χ0n) is 11.9.